The number of nitrogens with one attached hydrogen (secondary N) is 2. The number of piperazine rings is 1. The molecule has 0 radical (unpaired) electrons. The Kier molecular flexibility index (Phi) is 8.20. The van der Waals surface area contributed by atoms with Crippen LogP contribution in [0.25, 0.3) is 0 Å². The number of benzene rings is 2. The van der Waals surface area contributed by atoms with Crippen LogP contribution in [0.2, 0.25) is 0 Å². The molecule has 0 saturated carbocycles. The first-order valence-corrected chi connectivity index (χ1v) is 11.1. The lowest BCUT2D eigenvalue weighted by atomic mass is 10.0. The number of halogens is 1. The topological polar surface area (TPSA) is 81.8 Å². The number of carbonyl (C=O) groups excluding carboxylic acids is 3. The summed E-state index contributed by atoms with van der Waals surface area (Å²) in [6.45, 7) is 4.14. The first-order valence-electron chi connectivity index (χ1n) is 10.3. The summed E-state index contributed by atoms with van der Waals surface area (Å²) in [7, 11) is 0. The molecule has 1 heterocycles. The quantitative estimate of drug-likeness (QED) is 0.630. The largest absolute Gasteiger partial charge is 0.349 e. The number of anilines is 1. The number of rotatable bonds is 7. The zero-order valence-electron chi connectivity index (χ0n) is 17.5. The van der Waals surface area contributed by atoms with Gasteiger partial charge in [0.25, 0.3) is 0 Å². The molecule has 2 aromatic rings. The van der Waals surface area contributed by atoms with Crippen molar-refractivity contribution in [1.29, 1.82) is 0 Å². The van der Waals surface area contributed by atoms with E-state index in [0.717, 1.165) is 15.7 Å². The fourth-order valence-corrected chi connectivity index (χ4v) is 3.84. The molecule has 1 fully saturated rings. The molecule has 0 aliphatic carbocycles. The average Bonchev–Trinajstić information content (AvgIpc) is 2.74. The molecule has 1 atom stereocenters. The molecule has 7 nitrogen and oxygen atoms in total. The molecule has 1 unspecified atom stereocenters. The van der Waals surface area contributed by atoms with Gasteiger partial charge in [-0.2, -0.15) is 0 Å². The summed E-state index contributed by atoms with van der Waals surface area (Å²) in [5.41, 5.74) is 1.67. The monoisotopic (exact) mass is 486 g/mol. The molecule has 3 amide bonds. The highest BCUT2D eigenvalue weighted by atomic mass is 79.9. The lowest BCUT2D eigenvalue weighted by Crippen LogP contribution is -2.51. The van der Waals surface area contributed by atoms with Gasteiger partial charge in [0.1, 0.15) is 0 Å². The fraction of sp³-hybridized carbons (Fsp3) is 0.348. The molecule has 8 heteroatoms. The van der Waals surface area contributed by atoms with Crippen LogP contribution in [-0.2, 0) is 14.4 Å². The molecule has 3 rings (SSSR count). The minimum Gasteiger partial charge on any atom is -0.349 e. The summed E-state index contributed by atoms with van der Waals surface area (Å²) in [6, 6.07) is 16.6. The van der Waals surface area contributed by atoms with Crippen molar-refractivity contribution in [3.8, 4) is 0 Å². The van der Waals surface area contributed by atoms with Crippen LogP contribution >= 0.6 is 15.9 Å². The van der Waals surface area contributed by atoms with Crippen LogP contribution in [0.1, 0.15) is 24.9 Å². The fourth-order valence-electron chi connectivity index (χ4n) is 3.58. The van der Waals surface area contributed by atoms with Gasteiger partial charge in [-0.15, -0.1) is 0 Å². The number of para-hydroxylation sites is 1. The van der Waals surface area contributed by atoms with Crippen LogP contribution in [0.15, 0.2) is 59.1 Å². The third-order valence-corrected chi connectivity index (χ3v) is 5.71. The van der Waals surface area contributed by atoms with Crippen molar-refractivity contribution < 1.29 is 14.4 Å². The first-order chi connectivity index (χ1) is 14.9. The van der Waals surface area contributed by atoms with Gasteiger partial charge in [0.15, 0.2) is 0 Å². The zero-order chi connectivity index (χ0) is 22.2. The highest BCUT2D eigenvalue weighted by molar-refractivity contribution is 9.10. The van der Waals surface area contributed by atoms with Gasteiger partial charge in [-0.05, 0) is 29.8 Å². The molecule has 0 aromatic heterocycles. The molecule has 2 N–H and O–H groups in total. The van der Waals surface area contributed by atoms with E-state index in [1.54, 1.807) is 4.90 Å². The highest BCUT2D eigenvalue weighted by Gasteiger charge is 2.25. The molecule has 0 bridgehead atoms. The van der Waals surface area contributed by atoms with E-state index in [2.05, 4.69) is 26.6 Å². The van der Waals surface area contributed by atoms with Crippen LogP contribution in [0, 0.1) is 0 Å². The first kappa shape index (κ1) is 23.0. The van der Waals surface area contributed by atoms with Crippen molar-refractivity contribution in [2.45, 2.75) is 19.4 Å². The number of amides is 3. The Bertz CT molecular complexity index is 897. The van der Waals surface area contributed by atoms with Gasteiger partial charge in [-0.3, -0.25) is 19.3 Å². The predicted molar refractivity (Wildman–Crippen MR) is 123 cm³/mol. The van der Waals surface area contributed by atoms with Gasteiger partial charge in [0.05, 0.1) is 19.0 Å². The van der Waals surface area contributed by atoms with E-state index in [0.29, 0.717) is 32.7 Å². The predicted octanol–water partition coefficient (Wildman–Crippen LogP) is 2.80. The third kappa shape index (κ3) is 7.18. The number of carbonyl (C=O) groups is 3. The summed E-state index contributed by atoms with van der Waals surface area (Å²) in [4.78, 5) is 40.6. The summed E-state index contributed by atoms with van der Waals surface area (Å²) < 4.78 is 0.941. The zero-order valence-corrected chi connectivity index (χ0v) is 19.1. The molecule has 0 spiro atoms. The molecule has 1 aliphatic rings. The lowest BCUT2D eigenvalue weighted by molar-refractivity contribution is -0.133. The van der Waals surface area contributed by atoms with E-state index < -0.39 is 0 Å². The van der Waals surface area contributed by atoms with Crippen LogP contribution in [0.4, 0.5) is 5.69 Å². The van der Waals surface area contributed by atoms with E-state index in [1.807, 2.05) is 59.5 Å². The minimum absolute atomic E-state index is 0.00458. The Labute approximate surface area is 190 Å². The Morgan fingerprint density at radius 1 is 0.968 bits per heavy atom. The van der Waals surface area contributed by atoms with Crippen molar-refractivity contribution in [3.05, 3.63) is 64.6 Å². The maximum absolute atomic E-state index is 12.9. The van der Waals surface area contributed by atoms with E-state index in [1.165, 1.54) is 6.92 Å². The Hall–Kier alpha value is -2.71. The number of hydrogen-bond acceptors (Lipinski definition) is 4. The summed E-state index contributed by atoms with van der Waals surface area (Å²) in [6.07, 6.45) is 0.204. The van der Waals surface area contributed by atoms with E-state index in [9.17, 15) is 14.4 Å². The number of nitrogens with zero attached hydrogens (tertiary/aromatic N) is 2. The van der Waals surface area contributed by atoms with Gasteiger partial charge in [-0.1, -0.05) is 46.3 Å². The van der Waals surface area contributed by atoms with Crippen molar-refractivity contribution in [1.82, 2.24) is 15.1 Å². The second kappa shape index (κ2) is 11.1. The van der Waals surface area contributed by atoms with Crippen molar-refractivity contribution in [2.24, 2.45) is 0 Å². The molecule has 31 heavy (non-hydrogen) atoms. The van der Waals surface area contributed by atoms with Gasteiger partial charge in [0, 0.05) is 43.3 Å². The Morgan fingerprint density at radius 3 is 2.23 bits per heavy atom. The maximum Gasteiger partial charge on any atom is 0.238 e. The minimum atomic E-state index is -0.368. The summed E-state index contributed by atoms with van der Waals surface area (Å²) >= 11 is 3.40. The SMILES string of the molecule is CC(=O)NC(CC(=O)N1CCN(CC(=O)Nc2ccccc2)CC1)c1ccc(Br)cc1. The second-order valence-electron chi connectivity index (χ2n) is 7.58. The van der Waals surface area contributed by atoms with Gasteiger partial charge < -0.3 is 15.5 Å². The number of hydrogen-bond donors (Lipinski definition) is 2. The molecule has 164 valence electrons. The second-order valence-corrected chi connectivity index (χ2v) is 8.50. The van der Waals surface area contributed by atoms with E-state index in [4.69, 9.17) is 0 Å². The highest BCUT2D eigenvalue weighted by Crippen LogP contribution is 2.21. The molecular weight excluding hydrogens is 460 g/mol. The average molecular weight is 487 g/mol. The van der Waals surface area contributed by atoms with Crippen LogP contribution in [0.5, 0.6) is 0 Å². The van der Waals surface area contributed by atoms with Crippen molar-refractivity contribution in [3.63, 3.8) is 0 Å². The Balaban J connectivity index is 1.49. The van der Waals surface area contributed by atoms with Gasteiger partial charge in [0.2, 0.25) is 17.7 Å². The Morgan fingerprint density at radius 2 is 1.61 bits per heavy atom. The molecular formula is C23H27BrN4O3. The molecule has 1 aliphatic heterocycles. The summed E-state index contributed by atoms with van der Waals surface area (Å²) in [5, 5.41) is 5.76. The van der Waals surface area contributed by atoms with Crippen molar-refractivity contribution >= 4 is 39.3 Å². The van der Waals surface area contributed by atoms with E-state index >= 15 is 0 Å². The van der Waals surface area contributed by atoms with Gasteiger partial charge in [-0.25, -0.2) is 0 Å². The van der Waals surface area contributed by atoms with Crippen LogP contribution < -0.4 is 10.6 Å². The normalized spacial score (nSPS) is 15.2. The molecule has 1 saturated heterocycles. The van der Waals surface area contributed by atoms with Gasteiger partial charge >= 0.3 is 0 Å². The van der Waals surface area contributed by atoms with Crippen LogP contribution in [0.3, 0.4) is 0 Å². The third-order valence-electron chi connectivity index (χ3n) is 5.18. The smallest absolute Gasteiger partial charge is 0.238 e. The van der Waals surface area contributed by atoms with Crippen LogP contribution in [-0.4, -0.2) is 60.2 Å². The maximum atomic E-state index is 12.9. The summed E-state index contributed by atoms with van der Waals surface area (Å²) in [5.74, 6) is -0.239. The standard InChI is InChI=1S/C23H27BrN4O3/c1-17(29)25-21(18-7-9-19(24)10-8-18)15-23(31)28-13-11-27(12-14-28)16-22(30)26-20-5-3-2-4-6-20/h2-10,21H,11-16H2,1H3,(H,25,29)(H,26,30). The van der Waals surface area contributed by atoms with Crippen molar-refractivity contribution in [2.75, 3.05) is 38.0 Å². The lowest BCUT2D eigenvalue weighted by Gasteiger charge is -2.35. The van der Waals surface area contributed by atoms with E-state index in [-0.39, 0.29) is 30.2 Å². The molecule has 2 aromatic carbocycles.